The fraction of sp³-hybridized carbons (Fsp3) is 0.650. The van der Waals surface area contributed by atoms with E-state index in [1.54, 1.807) is 0 Å². The summed E-state index contributed by atoms with van der Waals surface area (Å²) in [5.74, 6) is 2.33. The van der Waals surface area contributed by atoms with E-state index >= 15 is 0 Å². The first-order valence-electron chi connectivity index (χ1n) is 9.52. The molecule has 0 aromatic heterocycles. The highest BCUT2D eigenvalue weighted by molar-refractivity contribution is 5.92. The van der Waals surface area contributed by atoms with Crippen LogP contribution < -0.4 is 20.5 Å². The summed E-state index contributed by atoms with van der Waals surface area (Å²) < 4.78 is 17.4. The molecule has 26 heavy (non-hydrogen) atoms. The van der Waals surface area contributed by atoms with Crippen molar-refractivity contribution in [2.45, 2.75) is 46.1 Å². The maximum Gasteiger partial charge on any atom is 0.193 e. The lowest BCUT2D eigenvalue weighted by atomic mass is 9.78. The molecule has 0 saturated carbocycles. The molecule has 3 N–H and O–H groups in total. The van der Waals surface area contributed by atoms with E-state index in [1.165, 1.54) is 0 Å². The van der Waals surface area contributed by atoms with Gasteiger partial charge in [0.05, 0.1) is 19.3 Å². The Bertz CT molecular complexity index is 640. The summed E-state index contributed by atoms with van der Waals surface area (Å²) in [4.78, 5) is 4.57. The Hall–Kier alpha value is -1.95. The molecule has 2 unspecified atom stereocenters. The van der Waals surface area contributed by atoms with E-state index in [0.29, 0.717) is 31.6 Å². The molecule has 144 valence electrons. The molecule has 0 amide bonds. The molecule has 2 heterocycles. The maximum atomic E-state index is 6.11. The SMILES string of the molecule is CC(C)(C)C1OCCCC1CN=C(N)Nc1ccc2c(c1)OCCCO2. The zero-order chi connectivity index (χ0) is 18.6. The number of benzene rings is 1. The van der Waals surface area contributed by atoms with E-state index in [4.69, 9.17) is 19.9 Å². The number of rotatable bonds is 3. The van der Waals surface area contributed by atoms with Crippen LogP contribution in [0.1, 0.15) is 40.0 Å². The van der Waals surface area contributed by atoms with Gasteiger partial charge in [0.2, 0.25) is 0 Å². The van der Waals surface area contributed by atoms with Gasteiger partial charge in [0, 0.05) is 37.2 Å². The first kappa shape index (κ1) is 18.8. The van der Waals surface area contributed by atoms with Gasteiger partial charge in [-0.05, 0) is 30.4 Å². The Kier molecular flexibility index (Phi) is 5.91. The van der Waals surface area contributed by atoms with Crippen LogP contribution in [0.3, 0.4) is 0 Å². The molecule has 2 aliphatic rings. The molecule has 1 aromatic carbocycles. The molecule has 3 rings (SSSR count). The number of nitrogens with one attached hydrogen (secondary N) is 1. The van der Waals surface area contributed by atoms with E-state index in [-0.39, 0.29) is 11.5 Å². The third kappa shape index (κ3) is 4.81. The van der Waals surface area contributed by atoms with Crippen LogP contribution in [0.15, 0.2) is 23.2 Å². The van der Waals surface area contributed by atoms with Crippen molar-refractivity contribution in [3.8, 4) is 11.5 Å². The van der Waals surface area contributed by atoms with Crippen LogP contribution in [0.4, 0.5) is 5.69 Å². The van der Waals surface area contributed by atoms with Gasteiger partial charge in [-0.2, -0.15) is 0 Å². The van der Waals surface area contributed by atoms with E-state index in [1.807, 2.05) is 18.2 Å². The van der Waals surface area contributed by atoms with Gasteiger partial charge in [0.25, 0.3) is 0 Å². The molecule has 1 fully saturated rings. The number of aliphatic imine (C=N–C) groups is 1. The van der Waals surface area contributed by atoms with E-state index in [0.717, 1.165) is 43.1 Å². The highest BCUT2D eigenvalue weighted by Gasteiger charge is 2.35. The maximum absolute atomic E-state index is 6.11. The lowest BCUT2D eigenvalue weighted by Crippen LogP contribution is -2.41. The molecule has 2 aliphatic heterocycles. The molecule has 6 heteroatoms. The van der Waals surface area contributed by atoms with Crippen LogP contribution in [0.5, 0.6) is 11.5 Å². The lowest BCUT2D eigenvalue weighted by Gasteiger charge is -2.39. The number of ether oxygens (including phenoxy) is 3. The van der Waals surface area contributed by atoms with Crippen molar-refractivity contribution in [2.24, 2.45) is 22.1 Å². The Balaban J connectivity index is 1.62. The van der Waals surface area contributed by atoms with Gasteiger partial charge >= 0.3 is 0 Å². The smallest absolute Gasteiger partial charge is 0.193 e. The molecule has 0 radical (unpaired) electrons. The van der Waals surface area contributed by atoms with Crippen molar-refractivity contribution in [2.75, 3.05) is 31.7 Å². The van der Waals surface area contributed by atoms with Crippen molar-refractivity contribution < 1.29 is 14.2 Å². The van der Waals surface area contributed by atoms with Crippen molar-refractivity contribution in [1.29, 1.82) is 0 Å². The van der Waals surface area contributed by atoms with Crippen molar-refractivity contribution >= 4 is 11.6 Å². The Morgan fingerprint density at radius 2 is 1.92 bits per heavy atom. The molecule has 6 nitrogen and oxygen atoms in total. The average molecular weight is 361 g/mol. The molecule has 2 atom stereocenters. The molecule has 0 spiro atoms. The minimum atomic E-state index is 0.108. The van der Waals surface area contributed by atoms with Crippen molar-refractivity contribution in [1.82, 2.24) is 0 Å². The van der Waals surface area contributed by atoms with E-state index in [9.17, 15) is 0 Å². The van der Waals surface area contributed by atoms with Crippen LogP contribution in [0, 0.1) is 11.3 Å². The highest BCUT2D eigenvalue weighted by atomic mass is 16.5. The van der Waals surface area contributed by atoms with Gasteiger partial charge in [-0.15, -0.1) is 0 Å². The summed E-state index contributed by atoms with van der Waals surface area (Å²) in [6.07, 6.45) is 3.32. The summed E-state index contributed by atoms with van der Waals surface area (Å²) >= 11 is 0. The third-order valence-corrected chi connectivity index (χ3v) is 4.81. The van der Waals surface area contributed by atoms with Crippen LogP contribution in [-0.2, 0) is 4.74 Å². The summed E-state index contributed by atoms with van der Waals surface area (Å²) in [5.41, 5.74) is 7.07. The predicted molar refractivity (Wildman–Crippen MR) is 104 cm³/mol. The minimum absolute atomic E-state index is 0.108. The number of nitrogens with two attached hydrogens (primary N) is 1. The zero-order valence-corrected chi connectivity index (χ0v) is 16.1. The number of fused-ring (bicyclic) bond motifs is 1. The van der Waals surface area contributed by atoms with Gasteiger partial charge in [-0.25, -0.2) is 0 Å². The van der Waals surface area contributed by atoms with E-state index < -0.39 is 0 Å². The molecule has 0 aliphatic carbocycles. The lowest BCUT2D eigenvalue weighted by molar-refractivity contribution is -0.0823. The first-order valence-corrected chi connectivity index (χ1v) is 9.52. The number of hydrogen-bond acceptors (Lipinski definition) is 4. The summed E-state index contributed by atoms with van der Waals surface area (Å²) in [5, 5.41) is 3.16. The quantitative estimate of drug-likeness (QED) is 0.637. The summed E-state index contributed by atoms with van der Waals surface area (Å²) in [6.45, 7) is 9.52. The van der Waals surface area contributed by atoms with Gasteiger partial charge in [-0.3, -0.25) is 4.99 Å². The van der Waals surface area contributed by atoms with Crippen LogP contribution >= 0.6 is 0 Å². The summed E-state index contributed by atoms with van der Waals surface area (Å²) in [7, 11) is 0. The fourth-order valence-electron chi connectivity index (χ4n) is 3.63. The van der Waals surface area contributed by atoms with Crippen molar-refractivity contribution in [3.63, 3.8) is 0 Å². The number of guanidine groups is 1. The molecule has 1 aromatic rings. The van der Waals surface area contributed by atoms with Crippen molar-refractivity contribution in [3.05, 3.63) is 18.2 Å². The van der Waals surface area contributed by atoms with Gasteiger partial charge in [0.15, 0.2) is 17.5 Å². The number of anilines is 1. The molecular formula is C20H31N3O3. The van der Waals surface area contributed by atoms with Crippen LogP contribution in [0.2, 0.25) is 0 Å². The largest absolute Gasteiger partial charge is 0.490 e. The Morgan fingerprint density at radius 1 is 1.15 bits per heavy atom. The standard InChI is InChI=1S/C20H31N3O3/c1-20(2,3)18-14(6-4-9-26-18)13-22-19(21)23-15-7-8-16-17(12-15)25-11-5-10-24-16/h7-8,12,14,18H,4-6,9-11,13H2,1-3H3,(H3,21,22,23). The highest BCUT2D eigenvalue weighted by Crippen LogP contribution is 2.34. The van der Waals surface area contributed by atoms with Crippen LogP contribution in [-0.4, -0.2) is 38.4 Å². The van der Waals surface area contributed by atoms with E-state index in [2.05, 4.69) is 31.1 Å². The van der Waals surface area contributed by atoms with Gasteiger partial charge < -0.3 is 25.3 Å². The Labute approximate surface area is 156 Å². The predicted octanol–water partition coefficient (Wildman–Crippen LogP) is 3.42. The number of hydrogen-bond donors (Lipinski definition) is 2. The topological polar surface area (TPSA) is 78.1 Å². The molecule has 1 saturated heterocycles. The second-order valence-corrected chi connectivity index (χ2v) is 8.12. The van der Waals surface area contributed by atoms with Gasteiger partial charge in [-0.1, -0.05) is 20.8 Å². The Morgan fingerprint density at radius 3 is 2.69 bits per heavy atom. The third-order valence-electron chi connectivity index (χ3n) is 4.81. The second-order valence-electron chi connectivity index (χ2n) is 8.12. The second kappa shape index (κ2) is 8.16. The first-order chi connectivity index (χ1) is 12.4. The fourth-order valence-corrected chi connectivity index (χ4v) is 3.63. The normalized spacial score (nSPS) is 24.0. The average Bonchev–Trinajstić information content (AvgIpc) is 2.84. The summed E-state index contributed by atoms with van der Waals surface area (Å²) in [6, 6.07) is 5.74. The monoisotopic (exact) mass is 361 g/mol. The minimum Gasteiger partial charge on any atom is -0.490 e. The van der Waals surface area contributed by atoms with Gasteiger partial charge in [0.1, 0.15) is 0 Å². The number of nitrogens with zero attached hydrogens (tertiary/aromatic N) is 1. The van der Waals surface area contributed by atoms with Crippen LogP contribution in [0.25, 0.3) is 0 Å². The molecular weight excluding hydrogens is 330 g/mol. The zero-order valence-electron chi connectivity index (χ0n) is 16.1. The molecule has 0 bridgehead atoms.